The summed E-state index contributed by atoms with van der Waals surface area (Å²) in [6, 6.07) is 5.99. The molecule has 0 amide bonds. The summed E-state index contributed by atoms with van der Waals surface area (Å²) in [4.78, 5) is -0.0666. The van der Waals surface area contributed by atoms with Gasteiger partial charge in [-0.1, -0.05) is 37.0 Å². The molecule has 1 fully saturated rings. The monoisotopic (exact) mass is 356 g/mol. The van der Waals surface area contributed by atoms with E-state index in [1.54, 1.807) is 17.6 Å². The van der Waals surface area contributed by atoms with Crippen LogP contribution in [-0.2, 0) is 10.1 Å². The first-order valence-electron chi connectivity index (χ1n) is 7.64. The summed E-state index contributed by atoms with van der Waals surface area (Å²) >= 11 is 0. The van der Waals surface area contributed by atoms with Crippen LogP contribution >= 0.6 is 0 Å². The van der Waals surface area contributed by atoms with Gasteiger partial charge >= 0.3 is 0 Å². The standard InChI is InChI=1S/C8H16N4O.C7H8O3S/c9-8(12-13)11-10-6-7-4-2-1-3-5-7;1-6-2-4-7(5-3-6)11(8,9)10/h6-7,13H,1-5H2,(H3,9,11,12);2-5H,1H3,(H,8,9,10). The number of aryl methyl sites for hydroxylation is 1. The van der Waals surface area contributed by atoms with Crippen molar-refractivity contribution in [2.45, 2.75) is 43.9 Å². The predicted molar refractivity (Wildman–Crippen MR) is 92.6 cm³/mol. The smallest absolute Gasteiger partial charge is 0.294 e. The summed E-state index contributed by atoms with van der Waals surface area (Å²) in [6.07, 6.45) is 8.05. The lowest BCUT2D eigenvalue weighted by atomic mass is 9.90. The molecule has 1 aromatic carbocycles. The minimum atomic E-state index is -4.02. The van der Waals surface area contributed by atoms with Gasteiger partial charge in [0.1, 0.15) is 0 Å². The quantitative estimate of drug-likeness (QED) is 0.283. The van der Waals surface area contributed by atoms with Crippen LogP contribution in [0.15, 0.2) is 39.4 Å². The molecule has 1 aliphatic rings. The normalized spacial score (nSPS) is 16.5. The highest BCUT2D eigenvalue weighted by Crippen LogP contribution is 2.21. The summed E-state index contributed by atoms with van der Waals surface area (Å²) in [5, 5.41) is 15.6. The van der Waals surface area contributed by atoms with Gasteiger partial charge in [0, 0.05) is 6.21 Å². The maximum atomic E-state index is 10.5. The van der Waals surface area contributed by atoms with E-state index in [9.17, 15) is 8.42 Å². The SMILES string of the molecule is Cc1ccc(S(=O)(=O)O)cc1.N/C(=N\N=CC1CCCCC1)NO. The lowest BCUT2D eigenvalue weighted by Gasteiger charge is -2.16. The van der Waals surface area contributed by atoms with Gasteiger partial charge < -0.3 is 5.73 Å². The zero-order valence-corrected chi connectivity index (χ0v) is 14.4. The van der Waals surface area contributed by atoms with Crippen molar-refractivity contribution < 1.29 is 18.2 Å². The first kappa shape index (κ1) is 20.1. The highest BCUT2D eigenvalue weighted by atomic mass is 32.2. The van der Waals surface area contributed by atoms with Crippen LogP contribution in [0.25, 0.3) is 0 Å². The fourth-order valence-corrected chi connectivity index (χ4v) is 2.69. The van der Waals surface area contributed by atoms with E-state index in [4.69, 9.17) is 15.5 Å². The number of nitrogens with zero attached hydrogens (tertiary/aromatic N) is 2. The second-order valence-electron chi connectivity index (χ2n) is 5.55. The van der Waals surface area contributed by atoms with Crippen LogP contribution in [0.5, 0.6) is 0 Å². The van der Waals surface area contributed by atoms with Crippen LogP contribution in [0.2, 0.25) is 0 Å². The molecule has 0 unspecified atom stereocenters. The van der Waals surface area contributed by atoms with Gasteiger partial charge in [0.15, 0.2) is 0 Å². The molecule has 0 spiro atoms. The molecular weight excluding hydrogens is 332 g/mol. The molecule has 1 saturated carbocycles. The van der Waals surface area contributed by atoms with Crippen molar-refractivity contribution >= 4 is 22.3 Å². The largest absolute Gasteiger partial charge is 0.367 e. The Morgan fingerprint density at radius 2 is 1.83 bits per heavy atom. The molecule has 134 valence electrons. The minimum absolute atomic E-state index is 0.0666. The van der Waals surface area contributed by atoms with Gasteiger partial charge in [-0.2, -0.15) is 13.5 Å². The molecule has 1 aliphatic carbocycles. The Bertz CT molecular complexity index is 651. The number of nitrogens with two attached hydrogens (primary N) is 1. The van der Waals surface area contributed by atoms with Gasteiger partial charge in [-0.3, -0.25) is 9.76 Å². The molecule has 0 radical (unpaired) electrons. The Morgan fingerprint density at radius 1 is 1.25 bits per heavy atom. The zero-order valence-electron chi connectivity index (χ0n) is 13.6. The molecule has 24 heavy (non-hydrogen) atoms. The first-order chi connectivity index (χ1) is 11.3. The Morgan fingerprint density at radius 3 is 2.33 bits per heavy atom. The van der Waals surface area contributed by atoms with Crippen LogP contribution < -0.4 is 11.2 Å². The second-order valence-corrected chi connectivity index (χ2v) is 6.97. The van der Waals surface area contributed by atoms with Gasteiger partial charge in [0.05, 0.1) is 4.90 Å². The summed E-state index contributed by atoms with van der Waals surface area (Å²) in [5.74, 6) is 0.455. The van der Waals surface area contributed by atoms with Gasteiger partial charge in [0.2, 0.25) is 5.96 Å². The van der Waals surface area contributed by atoms with E-state index in [1.807, 2.05) is 13.1 Å². The van der Waals surface area contributed by atoms with Gasteiger partial charge in [-0.25, -0.2) is 5.48 Å². The Labute approximate surface area is 142 Å². The molecule has 0 aromatic heterocycles. The van der Waals surface area contributed by atoms with E-state index < -0.39 is 10.1 Å². The summed E-state index contributed by atoms with van der Waals surface area (Å²) in [7, 11) is -4.02. The third kappa shape index (κ3) is 8.04. The predicted octanol–water partition coefficient (Wildman–Crippen LogP) is 2.09. The van der Waals surface area contributed by atoms with Crippen LogP contribution in [0.3, 0.4) is 0 Å². The number of guanidine groups is 1. The number of hydroxylamine groups is 1. The Kier molecular flexibility index (Phi) is 8.37. The van der Waals surface area contributed by atoms with Crippen LogP contribution in [0.4, 0.5) is 0 Å². The zero-order chi connectivity index (χ0) is 18.0. The molecular formula is C15H24N4O4S. The highest BCUT2D eigenvalue weighted by Gasteiger charge is 2.10. The van der Waals surface area contributed by atoms with Crippen LogP contribution in [0.1, 0.15) is 37.7 Å². The van der Waals surface area contributed by atoms with E-state index in [0.717, 1.165) is 5.56 Å². The molecule has 2 rings (SSSR count). The summed E-state index contributed by atoms with van der Waals surface area (Å²) < 4.78 is 29.6. The van der Waals surface area contributed by atoms with Crippen molar-refractivity contribution in [3.63, 3.8) is 0 Å². The molecule has 9 heteroatoms. The maximum Gasteiger partial charge on any atom is 0.294 e. The number of nitrogens with one attached hydrogen (secondary N) is 1. The molecule has 0 aliphatic heterocycles. The molecule has 1 aromatic rings. The fourth-order valence-electron chi connectivity index (χ4n) is 2.21. The van der Waals surface area contributed by atoms with E-state index >= 15 is 0 Å². The lowest BCUT2D eigenvalue weighted by molar-refractivity contribution is 0.232. The van der Waals surface area contributed by atoms with Crippen molar-refractivity contribution in [3.8, 4) is 0 Å². The van der Waals surface area contributed by atoms with E-state index in [2.05, 4.69) is 10.2 Å². The molecule has 0 bridgehead atoms. The van der Waals surface area contributed by atoms with Crippen molar-refractivity contribution in [2.75, 3.05) is 0 Å². The van der Waals surface area contributed by atoms with E-state index in [0.29, 0.717) is 5.92 Å². The molecule has 0 heterocycles. The van der Waals surface area contributed by atoms with Crippen molar-refractivity contribution in [2.24, 2.45) is 21.9 Å². The summed E-state index contributed by atoms with van der Waals surface area (Å²) in [5.41, 5.74) is 7.84. The van der Waals surface area contributed by atoms with Crippen LogP contribution in [0, 0.1) is 12.8 Å². The third-order valence-corrected chi connectivity index (χ3v) is 4.39. The second kappa shape index (κ2) is 10.0. The average Bonchev–Trinajstić information content (AvgIpc) is 2.56. The molecule has 5 N–H and O–H groups in total. The first-order valence-corrected chi connectivity index (χ1v) is 9.08. The third-order valence-electron chi connectivity index (χ3n) is 3.53. The number of hydrogen-bond acceptors (Lipinski definition) is 5. The fraction of sp³-hybridized carbons (Fsp3) is 0.467. The number of benzene rings is 1. The molecule has 8 nitrogen and oxygen atoms in total. The molecule has 0 saturated heterocycles. The summed E-state index contributed by atoms with van der Waals surface area (Å²) in [6.45, 7) is 1.84. The Hall–Kier alpha value is -1.97. The minimum Gasteiger partial charge on any atom is -0.367 e. The van der Waals surface area contributed by atoms with Crippen LogP contribution in [-0.4, -0.2) is 30.4 Å². The van der Waals surface area contributed by atoms with Gasteiger partial charge in [-0.15, -0.1) is 5.10 Å². The maximum absolute atomic E-state index is 10.5. The Balaban J connectivity index is 0.000000243. The van der Waals surface area contributed by atoms with Gasteiger partial charge in [0.25, 0.3) is 10.1 Å². The molecule has 0 atom stereocenters. The van der Waals surface area contributed by atoms with E-state index in [-0.39, 0.29) is 10.9 Å². The van der Waals surface area contributed by atoms with Crippen molar-refractivity contribution in [1.82, 2.24) is 5.48 Å². The van der Waals surface area contributed by atoms with Crippen molar-refractivity contribution in [3.05, 3.63) is 29.8 Å². The number of rotatable bonds is 3. The average molecular weight is 356 g/mol. The highest BCUT2D eigenvalue weighted by molar-refractivity contribution is 7.85. The topological polar surface area (TPSA) is 137 Å². The van der Waals surface area contributed by atoms with E-state index in [1.165, 1.54) is 44.2 Å². The lowest BCUT2D eigenvalue weighted by Crippen LogP contribution is -2.27. The van der Waals surface area contributed by atoms with Crippen molar-refractivity contribution in [1.29, 1.82) is 0 Å². The number of hydrogen-bond donors (Lipinski definition) is 4. The van der Waals surface area contributed by atoms with Gasteiger partial charge in [-0.05, 0) is 37.8 Å².